The Bertz CT molecular complexity index is 502. The summed E-state index contributed by atoms with van der Waals surface area (Å²) in [5, 5.41) is 3.27. The first kappa shape index (κ1) is 12.9. The van der Waals surface area contributed by atoms with E-state index in [1.807, 2.05) is 13.8 Å². The van der Waals surface area contributed by atoms with Gasteiger partial charge in [0.25, 0.3) is 0 Å². The minimum absolute atomic E-state index is 0.164. The van der Waals surface area contributed by atoms with Crippen molar-refractivity contribution in [2.45, 2.75) is 20.3 Å². The Morgan fingerprint density at radius 3 is 2.78 bits per heavy atom. The fourth-order valence-electron chi connectivity index (χ4n) is 1.94. The molecule has 2 rings (SSSR count). The van der Waals surface area contributed by atoms with E-state index in [0.717, 1.165) is 5.56 Å². The van der Waals surface area contributed by atoms with Crippen molar-refractivity contribution >= 4 is 29.2 Å². The van der Waals surface area contributed by atoms with E-state index in [1.54, 1.807) is 18.2 Å². The monoisotopic (exact) mass is 266 g/mol. The standard InChI is InChI=1S/C13H15ClN2O2/c1-3-9-7-15-13(18)16(12(9)17)10-5-4-8(2)11(14)6-10/h4-6,9H,3,7H2,1-2H3,(H,15,18). The van der Waals surface area contributed by atoms with Gasteiger partial charge in [0.1, 0.15) is 0 Å². The predicted octanol–water partition coefficient (Wildman–Crippen LogP) is 2.73. The Balaban J connectivity index is 2.37. The van der Waals surface area contributed by atoms with Crippen molar-refractivity contribution in [1.82, 2.24) is 5.32 Å². The van der Waals surface area contributed by atoms with Crippen LogP contribution in [0.2, 0.25) is 5.02 Å². The third-order valence-corrected chi connectivity index (χ3v) is 3.59. The van der Waals surface area contributed by atoms with E-state index in [1.165, 1.54) is 4.90 Å². The topological polar surface area (TPSA) is 49.4 Å². The van der Waals surface area contributed by atoms with Crippen LogP contribution in [0.4, 0.5) is 10.5 Å². The number of amides is 3. The molecule has 1 heterocycles. The number of imide groups is 1. The number of carbonyl (C=O) groups excluding carboxylic acids is 2. The summed E-state index contributed by atoms with van der Waals surface area (Å²) >= 11 is 6.03. The molecule has 1 aliphatic rings. The molecule has 0 aromatic heterocycles. The van der Waals surface area contributed by atoms with Crippen LogP contribution < -0.4 is 10.2 Å². The number of nitrogens with one attached hydrogen (secondary N) is 1. The number of anilines is 1. The minimum atomic E-state index is -0.385. The first-order valence-corrected chi connectivity index (χ1v) is 6.30. The zero-order chi connectivity index (χ0) is 13.3. The maximum atomic E-state index is 12.2. The lowest BCUT2D eigenvalue weighted by molar-refractivity contribution is -0.122. The van der Waals surface area contributed by atoms with Crippen molar-refractivity contribution in [3.63, 3.8) is 0 Å². The molecule has 1 atom stereocenters. The maximum Gasteiger partial charge on any atom is 0.328 e. The number of hydrogen-bond donors (Lipinski definition) is 1. The molecule has 3 amide bonds. The van der Waals surface area contributed by atoms with Crippen molar-refractivity contribution in [3.05, 3.63) is 28.8 Å². The van der Waals surface area contributed by atoms with Crippen LogP contribution in [0, 0.1) is 12.8 Å². The van der Waals surface area contributed by atoms with Crippen LogP contribution >= 0.6 is 11.6 Å². The molecule has 0 radical (unpaired) electrons. The van der Waals surface area contributed by atoms with Crippen molar-refractivity contribution < 1.29 is 9.59 Å². The van der Waals surface area contributed by atoms with E-state index < -0.39 is 0 Å². The molecule has 1 N–H and O–H groups in total. The Kier molecular flexibility index (Phi) is 3.57. The molecular weight excluding hydrogens is 252 g/mol. The van der Waals surface area contributed by atoms with E-state index >= 15 is 0 Å². The van der Waals surface area contributed by atoms with Gasteiger partial charge < -0.3 is 5.32 Å². The SMILES string of the molecule is CCC1CNC(=O)N(c2ccc(C)c(Cl)c2)C1=O. The average molecular weight is 267 g/mol. The molecule has 1 aromatic rings. The molecule has 0 bridgehead atoms. The summed E-state index contributed by atoms with van der Waals surface area (Å²) in [5.74, 6) is -0.330. The van der Waals surface area contributed by atoms with Gasteiger partial charge in [-0.1, -0.05) is 24.6 Å². The molecule has 96 valence electrons. The molecule has 0 aliphatic carbocycles. The van der Waals surface area contributed by atoms with Crippen LogP contribution in [0.3, 0.4) is 0 Å². The smallest absolute Gasteiger partial charge is 0.328 e. The molecule has 18 heavy (non-hydrogen) atoms. The Labute approximate surface area is 111 Å². The number of aryl methyl sites for hydroxylation is 1. The van der Waals surface area contributed by atoms with Crippen LogP contribution in [-0.2, 0) is 4.79 Å². The second-order valence-corrected chi connectivity index (χ2v) is 4.81. The van der Waals surface area contributed by atoms with Crippen molar-refractivity contribution in [3.8, 4) is 0 Å². The van der Waals surface area contributed by atoms with Crippen LogP contribution in [-0.4, -0.2) is 18.5 Å². The molecule has 1 aliphatic heterocycles. The van der Waals surface area contributed by atoms with E-state index in [-0.39, 0.29) is 17.9 Å². The highest BCUT2D eigenvalue weighted by Crippen LogP contribution is 2.26. The zero-order valence-corrected chi connectivity index (χ0v) is 11.1. The van der Waals surface area contributed by atoms with Crippen LogP contribution in [0.25, 0.3) is 0 Å². The number of urea groups is 1. The van der Waals surface area contributed by atoms with E-state index in [4.69, 9.17) is 11.6 Å². The maximum absolute atomic E-state index is 12.2. The lowest BCUT2D eigenvalue weighted by Crippen LogP contribution is -2.55. The Morgan fingerprint density at radius 2 is 2.17 bits per heavy atom. The van der Waals surface area contributed by atoms with Gasteiger partial charge >= 0.3 is 6.03 Å². The molecule has 1 aromatic carbocycles. The molecular formula is C13H15ClN2O2. The summed E-state index contributed by atoms with van der Waals surface area (Å²) in [6.07, 6.45) is 0.704. The molecule has 0 spiro atoms. The first-order valence-electron chi connectivity index (χ1n) is 5.92. The average Bonchev–Trinajstić information content (AvgIpc) is 2.34. The van der Waals surface area contributed by atoms with Gasteiger partial charge in [-0.25, -0.2) is 9.69 Å². The lowest BCUT2D eigenvalue weighted by atomic mass is 10.0. The highest BCUT2D eigenvalue weighted by molar-refractivity contribution is 6.32. The fourth-order valence-corrected chi connectivity index (χ4v) is 2.12. The van der Waals surface area contributed by atoms with Crippen molar-refractivity contribution in [2.24, 2.45) is 5.92 Å². The fraction of sp³-hybridized carbons (Fsp3) is 0.385. The van der Waals surface area contributed by atoms with Crippen LogP contribution in [0.5, 0.6) is 0 Å². The zero-order valence-electron chi connectivity index (χ0n) is 10.4. The van der Waals surface area contributed by atoms with E-state index in [9.17, 15) is 9.59 Å². The summed E-state index contributed by atoms with van der Waals surface area (Å²) in [7, 11) is 0. The summed E-state index contributed by atoms with van der Waals surface area (Å²) in [6, 6.07) is 4.79. The quantitative estimate of drug-likeness (QED) is 0.895. The predicted molar refractivity (Wildman–Crippen MR) is 70.9 cm³/mol. The third-order valence-electron chi connectivity index (χ3n) is 3.18. The Hall–Kier alpha value is -1.55. The molecule has 1 saturated heterocycles. The van der Waals surface area contributed by atoms with Crippen LogP contribution in [0.1, 0.15) is 18.9 Å². The third kappa shape index (κ3) is 2.20. The summed E-state index contributed by atoms with van der Waals surface area (Å²) < 4.78 is 0. The van der Waals surface area contributed by atoms with Gasteiger partial charge in [0.2, 0.25) is 5.91 Å². The number of hydrogen-bond acceptors (Lipinski definition) is 2. The molecule has 1 fully saturated rings. The van der Waals surface area contributed by atoms with Gasteiger partial charge in [-0.3, -0.25) is 4.79 Å². The summed E-state index contributed by atoms with van der Waals surface area (Å²) in [4.78, 5) is 25.2. The molecule has 4 nitrogen and oxygen atoms in total. The highest BCUT2D eigenvalue weighted by Gasteiger charge is 2.34. The number of benzene rings is 1. The summed E-state index contributed by atoms with van der Waals surface area (Å²) in [6.45, 7) is 4.21. The Morgan fingerprint density at radius 1 is 1.44 bits per heavy atom. The lowest BCUT2D eigenvalue weighted by Gasteiger charge is -2.31. The molecule has 0 saturated carbocycles. The molecule has 5 heteroatoms. The summed E-state index contributed by atoms with van der Waals surface area (Å²) in [5.41, 5.74) is 1.43. The second-order valence-electron chi connectivity index (χ2n) is 4.40. The van der Waals surface area contributed by atoms with Gasteiger partial charge in [0.15, 0.2) is 0 Å². The second kappa shape index (κ2) is 4.98. The van der Waals surface area contributed by atoms with Gasteiger partial charge in [0, 0.05) is 11.6 Å². The minimum Gasteiger partial charge on any atom is -0.337 e. The van der Waals surface area contributed by atoms with Crippen molar-refractivity contribution in [1.29, 1.82) is 0 Å². The largest absolute Gasteiger partial charge is 0.337 e. The number of carbonyl (C=O) groups is 2. The molecule has 1 unspecified atom stereocenters. The number of rotatable bonds is 2. The van der Waals surface area contributed by atoms with Gasteiger partial charge in [-0.15, -0.1) is 0 Å². The normalized spacial score (nSPS) is 19.9. The van der Waals surface area contributed by atoms with Crippen molar-refractivity contribution in [2.75, 3.05) is 11.4 Å². The first-order chi connectivity index (χ1) is 8.54. The van der Waals surface area contributed by atoms with Gasteiger partial charge in [-0.05, 0) is 31.0 Å². The highest BCUT2D eigenvalue weighted by atomic mass is 35.5. The van der Waals surface area contributed by atoms with E-state index in [2.05, 4.69) is 5.32 Å². The van der Waals surface area contributed by atoms with E-state index in [0.29, 0.717) is 23.7 Å². The number of nitrogens with zero attached hydrogens (tertiary/aromatic N) is 1. The number of halogens is 1. The van der Waals surface area contributed by atoms with Crippen LogP contribution in [0.15, 0.2) is 18.2 Å². The van der Waals surface area contributed by atoms with Gasteiger partial charge in [-0.2, -0.15) is 0 Å². The van der Waals surface area contributed by atoms with Gasteiger partial charge in [0.05, 0.1) is 11.6 Å².